The minimum Gasteiger partial charge on any atom is -0.310 e. The molecule has 0 bridgehead atoms. The number of sulfone groups is 1. The lowest BCUT2D eigenvalue weighted by Crippen LogP contribution is -2.68. The van der Waals surface area contributed by atoms with E-state index in [0.29, 0.717) is 83.1 Å². The van der Waals surface area contributed by atoms with Crippen molar-refractivity contribution in [3.05, 3.63) is 23.8 Å². The lowest BCUT2D eigenvalue weighted by molar-refractivity contribution is -0.221. The van der Waals surface area contributed by atoms with Crippen LogP contribution < -0.4 is 5.32 Å². The van der Waals surface area contributed by atoms with Crippen LogP contribution >= 0.6 is 0 Å². The second kappa shape index (κ2) is 13.4. The zero-order valence-corrected chi connectivity index (χ0v) is 34.5. The zero-order valence-electron chi connectivity index (χ0n) is 33.7. The van der Waals surface area contributed by atoms with Gasteiger partial charge in [0.05, 0.1) is 11.5 Å². The standard InChI is InChI=1S/C44H74N2O3S/c1-11-33(47)30-39(4,5)18-14-32-15-19-41(8)36(40(32,6)7)17-20-43(10)37(41)13-12-35-38-34(31(2)3)16-21-44(38,23-22-42(35,43)9)45-24-25-46-26-28-50(48,49)29-27-46/h15,34-38,45H,2,11-14,16-30H2,1,3-10H3/t34-,35+,36-,37+,38+,41-,42+,43+,44-/m0/s1. The lowest BCUT2D eigenvalue weighted by Gasteiger charge is -2.72. The molecule has 0 aromatic rings. The van der Waals surface area contributed by atoms with Crippen molar-refractivity contribution >= 4 is 15.6 Å². The van der Waals surface area contributed by atoms with Crippen molar-refractivity contribution in [2.75, 3.05) is 37.7 Å². The Bertz CT molecular complexity index is 1450. The van der Waals surface area contributed by atoms with Gasteiger partial charge in [-0.25, -0.2) is 8.42 Å². The molecule has 6 heteroatoms. The molecule has 1 saturated heterocycles. The number of nitrogens with one attached hydrogen (secondary N) is 1. The Kier molecular flexibility index (Phi) is 10.4. The second-order valence-corrected chi connectivity index (χ2v) is 23.0. The fourth-order valence-electron chi connectivity index (χ4n) is 14.2. The van der Waals surface area contributed by atoms with Gasteiger partial charge in [-0.3, -0.25) is 4.79 Å². The molecule has 6 rings (SSSR count). The summed E-state index contributed by atoms with van der Waals surface area (Å²) in [5.74, 6) is 4.42. The van der Waals surface area contributed by atoms with Crippen molar-refractivity contribution in [3.8, 4) is 0 Å². The SMILES string of the molecule is C=C(C)[C@@H]1CC[C@]2(NCCN3CCS(=O)(=O)CC3)CC[C@]3(C)[C@H](CC[C@@H]4[C@@]5(C)CC=C(CCC(C)(C)CC(=O)CC)C(C)(C)[C@@H]5CC[C@]43C)[C@@H]12. The van der Waals surface area contributed by atoms with Crippen LogP contribution in [0, 0.1) is 56.7 Å². The number of ketones is 1. The average molecular weight is 711 g/mol. The maximum Gasteiger partial charge on any atom is 0.152 e. The van der Waals surface area contributed by atoms with E-state index in [1.807, 2.05) is 6.92 Å². The summed E-state index contributed by atoms with van der Waals surface area (Å²) in [4.78, 5) is 14.7. The number of hydrogen-bond acceptors (Lipinski definition) is 5. The topological polar surface area (TPSA) is 66.5 Å². The smallest absolute Gasteiger partial charge is 0.152 e. The molecule has 9 atom stereocenters. The van der Waals surface area contributed by atoms with Gasteiger partial charge in [0, 0.05) is 44.6 Å². The van der Waals surface area contributed by atoms with Crippen LogP contribution in [0.15, 0.2) is 23.8 Å². The maximum atomic E-state index is 12.3. The van der Waals surface area contributed by atoms with E-state index in [1.54, 1.807) is 5.57 Å². The Balaban J connectivity index is 1.21. The molecule has 0 aromatic carbocycles. The molecule has 5 fully saturated rings. The molecule has 1 heterocycles. The number of hydrogen-bond donors (Lipinski definition) is 1. The molecule has 284 valence electrons. The number of carbonyl (C=O) groups is 1. The van der Waals surface area contributed by atoms with Gasteiger partial charge in [0.2, 0.25) is 0 Å². The first-order valence-corrected chi connectivity index (χ1v) is 22.6. The van der Waals surface area contributed by atoms with Gasteiger partial charge in [0.15, 0.2) is 9.84 Å². The van der Waals surface area contributed by atoms with E-state index in [1.165, 1.54) is 63.4 Å². The Morgan fingerprint density at radius 2 is 1.66 bits per heavy atom. The summed E-state index contributed by atoms with van der Waals surface area (Å²) >= 11 is 0. The first-order valence-electron chi connectivity index (χ1n) is 20.8. The summed E-state index contributed by atoms with van der Waals surface area (Å²) in [6.07, 6.45) is 17.9. The molecule has 0 aromatic heterocycles. The predicted molar refractivity (Wildman–Crippen MR) is 209 cm³/mol. The summed E-state index contributed by atoms with van der Waals surface area (Å²) in [7, 11) is -2.85. The second-order valence-electron chi connectivity index (χ2n) is 20.7. The minimum atomic E-state index is -2.85. The van der Waals surface area contributed by atoms with Gasteiger partial charge >= 0.3 is 0 Å². The highest BCUT2D eigenvalue weighted by atomic mass is 32.2. The van der Waals surface area contributed by atoms with Crippen molar-refractivity contribution in [1.29, 1.82) is 0 Å². The summed E-state index contributed by atoms with van der Waals surface area (Å²) in [5, 5.41) is 4.23. The highest BCUT2D eigenvalue weighted by Crippen LogP contribution is 2.76. The van der Waals surface area contributed by atoms with Gasteiger partial charge in [-0.05, 0) is 134 Å². The quantitative estimate of drug-likeness (QED) is 0.217. The van der Waals surface area contributed by atoms with Crippen molar-refractivity contribution in [2.45, 2.75) is 151 Å². The van der Waals surface area contributed by atoms with E-state index in [4.69, 9.17) is 0 Å². The largest absolute Gasteiger partial charge is 0.310 e. The van der Waals surface area contributed by atoms with Gasteiger partial charge < -0.3 is 10.2 Å². The molecule has 0 spiro atoms. The molecule has 1 aliphatic heterocycles. The molecule has 6 aliphatic rings. The van der Waals surface area contributed by atoms with Crippen LogP contribution in [-0.4, -0.2) is 62.3 Å². The van der Waals surface area contributed by atoms with Gasteiger partial charge in [-0.1, -0.05) is 79.2 Å². The molecular weight excluding hydrogens is 637 g/mol. The van der Waals surface area contributed by atoms with Crippen molar-refractivity contribution < 1.29 is 13.2 Å². The van der Waals surface area contributed by atoms with Crippen molar-refractivity contribution in [1.82, 2.24) is 10.2 Å². The van der Waals surface area contributed by atoms with E-state index < -0.39 is 9.84 Å². The van der Waals surface area contributed by atoms with Crippen molar-refractivity contribution in [3.63, 3.8) is 0 Å². The van der Waals surface area contributed by atoms with Crippen LogP contribution in [0.4, 0.5) is 0 Å². The van der Waals surface area contributed by atoms with Crippen LogP contribution in [-0.2, 0) is 14.6 Å². The summed E-state index contributed by atoms with van der Waals surface area (Å²) in [5.41, 5.74) is 4.46. The van der Waals surface area contributed by atoms with Gasteiger partial charge in [0.25, 0.3) is 0 Å². The normalized spacial score (nSPS) is 42.4. The Morgan fingerprint density at radius 1 is 0.960 bits per heavy atom. The van der Waals surface area contributed by atoms with E-state index in [0.717, 1.165) is 31.8 Å². The third-order valence-electron chi connectivity index (χ3n) is 17.3. The van der Waals surface area contributed by atoms with E-state index in [2.05, 4.69) is 78.3 Å². The average Bonchev–Trinajstić information content (AvgIpc) is 3.41. The number of rotatable bonds is 11. The number of allylic oxidation sites excluding steroid dienone is 3. The fraction of sp³-hybridized carbons (Fsp3) is 0.886. The summed E-state index contributed by atoms with van der Waals surface area (Å²) in [6.45, 7) is 30.1. The Labute approximate surface area is 307 Å². The predicted octanol–water partition coefficient (Wildman–Crippen LogP) is 9.43. The van der Waals surface area contributed by atoms with E-state index in [-0.39, 0.29) is 16.4 Å². The summed E-state index contributed by atoms with van der Waals surface area (Å²) in [6, 6.07) is 0. The van der Waals surface area contributed by atoms with E-state index >= 15 is 0 Å². The highest BCUT2D eigenvalue weighted by Gasteiger charge is 2.70. The van der Waals surface area contributed by atoms with Crippen LogP contribution in [0.25, 0.3) is 0 Å². The number of nitrogens with zero attached hydrogens (tertiary/aromatic N) is 1. The van der Waals surface area contributed by atoms with Gasteiger partial charge in [-0.2, -0.15) is 0 Å². The van der Waals surface area contributed by atoms with Gasteiger partial charge in [0.1, 0.15) is 5.78 Å². The van der Waals surface area contributed by atoms with Crippen molar-refractivity contribution in [2.24, 2.45) is 56.7 Å². The minimum absolute atomic E-state index is 0.0621. The molecule has 0 amide bonds. The summed E-state index contributed by atoms with van der Waals surface area (Å²) < 4.78 is 24.1. The molecule has 4 saturated carbocycles. The lowest BCUT2D eigenvalue weighted by atomic mass is 9.33. The highest BCUT2D eigenvalue weighted by molar-refractivity contribution is 7.91. The Morgan fingerprint density at radius 3 is 2.32 bits per heavy atom. The van der Waals surface area contributed by atoms with Crippen LogP contribution in [0.3, 0.4) is 0 Å². The third-order valence-corrected chi connectivity index (χ3v) is 18.9. The fourth-order valence-corrected chi connectivity index (χ4v) is 15.5. The number of fused-ring (bicyclic) bond motifs is 7. The van der Waals surface area contributed by atoms with Crippen LogP contribution in [0.1, 0.15) is 146 Å². The number of carbonyl (C=O) groups excluding carboxylic acids is 1. The molecule has 5 nitrogen and oxygen atoms in total. The first-order chi connectivity index (χ1) is 23.2. The molecule has 0 unspecified atom stereocenters. The molecule has 5 aliphatic carbocycles. The Hall–Kier alpha value is -0.980. The van der Waals surface area contributed by atoms with Gasteiger partial charge in [-0.15, -0.1) is 0 Å². The first kappa shape index (κ1) is 38.7. The van der Waals surface area contributed by atoms with Crippen LogP contribution in [0.2, 0.25) is 0 Å². The number of Topliss-reactive ketones (excluding diaryl/α,β-unsaturated/α-hetero) is 1. The third kappa shape index (κ3) is 6.47. The molecular formula is C44H74N2O3S. The molecule has 50 heavy (non-hydrogen) atoms. The van der Waals surface area contributed by atoms with E-state index in [9.17, 15) is 13.2 Å². The molecule has 0 radical (unpaired) electrons. The molecule has 1 N–H and O–H groups in total. The van der Waals surface area contributed by atoms with Crippen LogP contribution in [0.5, 0.6) is 0 Å². The zero-order chi connectivity index (χ0) is 36.5. The maximum absolute atomic E-state index is 12.3. The monoisotopic (exact) mass is 711 g/mol.